The minimum absolute atomic E-state index is 0.821. The number of nitrogens with two attached hydrogens (primary N) is 1. The first-order valence-electron chi connectivity index (χ1n) is 7.02. The van der Waals surface area contributed by atoms with Gasteiger partial charge in [0.15, 0.2) is 0 Å². The molecule has 0 fully saturated rings. The highest BCUT2D eigenvalue weighted by atomic mass is 14.9. The van der Waals surface area contributed by atoms with Gasteiger partial charge in [-0.3, -0.25) is 0 Å². The molecule has 0 saturated carbocycles. The van der Waals surface area contributed by atoms with Crippen molar-refractivity contribution >= 4 is 17.1 Å². The Kier molecular flexibility index (Phi) is 3.61. The van der Waals surface area contributed by atoms with Crippen LogP contribution in [0.15, 0.2) is 72.8 Å². The fourth-order valence-corrected chi connectivity index (χ4v) is 2.45. The Labute approximate surface area is 125 Å². The molecule has 0 amide bonds. The summed E-state index contributed by atoms with van der Waals surface area (Å²) in [7, 11) is 0. The van der Waals surface area contributed by atoms with E-state index in [0.29, 0.717) is 0 Å². The molecule has 0 heterocycles. The van der Waals surface area contributed by atoms with Crippen LogP contribution in [0, 0.1) is 6.92 Å². The van der Waals surface area contributed by atoms with Crippen molar-refractivity contribution in [2.75, 3.05) is 11.1 Å². The molecule has 104 valence electrons. The van der Waals surface area contributed by atoms with Gasteiger partial charge in [-0.1, -0.05) is 48.5 Å². The topological polar surface area (TPSA) is 38.0 Å². The molecule has 2 nitrogen and oxygen atoms in total. The molecular formula is C19H18N2. The molecule has 21 heavy (non-hydrogen) atoms. The zero-order valence-corrected chi connectivity index (χ0v) is 12.0. The van der Waals surface area contributed by atoms with Crippen molar-refractivity contribution in [1.29, 1.82) is 0 Å². The van der Waals surface area contributed by atoms with Gasteiger partial charge in [0.2, 0.25) is 0 Å². The standard InChI is InChI=1S/C19H18N2/c1-14-16(11-7-12-18(14)20)17-10-5-6-13-19(17)21-15-8-3-2-4-9-15/h2-13,21H,20H2,1H3. The highest BCUT2D eigenvalue weighted by Gasteiger charge is 2.08. The zero-order valence-electron chi connectivity index (χ0n) is 12.0. The third kappa shape index (κ3) is 2.75. The van der Waals surface area contributed by atoms with Crippen LogP contribution in [0.2, 0.25) is 0 Å². The lowest BCUT2D eigenvalue weighted by atomic mass is 9.97. The van der Waals surface area contributed by atoms with Crippen LogP contribution in [0.3, 0.4) is 0 Å². The zero-order chi connectivity index (χ0) is 14.7. The third-order valence-electron chi connectivity index (χ3n) is 3.65. The lowest BCUT2D eigenvalue weighted by Gasteiger charge is -2.15. The molecular weight excluding hydrogens is 256 g/mol. The first-order chi connectivity index (χ1) is 10.3. The van der Waals surface area contributed by atoms with Gasteiger partial charge in [0.1, 0.15) is 0 Å². The molecule has 3 aromatic carbocycles. The van der Waals surface area contributed by atoms with Gasteiger partial charge >= 0.3 is 0 Å². The number of anilines is 3. The van der Waals surface area contributed by atoms with Crippen LogP contribution in [-0.2, 0) is 0 Å². The maximum atomic E-state index is 6.04. The van der Waals surface area contributed by atoms with Crippen molar-refractivity contribution in [3.05, 3.63) is 78.4 Å². The van der Waals surface area contributed by atoms with E-state index in [1.807, 2.05) is 42.5 Å². The van der Waals surface area contributed by atoms with Gasteiger partial charge in [0.05, 0.1) is 0 Å². The molecule has 0 aliphatic heterocycles. The maximum Gasteiger partial charge on any atom is 0.0464 e. The summed E-state index contributed by atoms with van der Waals surface area (Å²) >= 11 is 0. The van der Waals surface area contributed by atoms with E-state index >= 15 is 0 Å². The van der Waals surface area contributed by atoms with Crippen molar-refractivity contribution in [2.45, 2.75) is 6.92 Å². The molecule has 0 spiro atoms. The van der Waals surface area contributed by atoms with Gasteiger partial charge in [-0.15, -0.1) is 0 Å². The molecule has 0 aromatic heterocycles. The van der Waals surface area contributed by atoms with E-state index in [1.165, 1.54) is 0 Å². The van der Waals surface area contributed by atoms with Gasteiger partial charge in [-0.25, -0.2) is 0 Å². The van der Waals surface area contributed by atoms with Crippen molar-refractivity contribution in [2.24, 2.45) is 0 Å². The predicted molar refractivity (Wildman–Crippen MR) is 90.8 cm³/mol. The molecule has 3 rings (SSSR count). The van der Waals surface area contributed by atoms with E-state index in [-0.39, 0.29) is 0 Å². The predicted octanol–water partition coefficient (Wildman–Crippen LogP) is 4.99. The Morgan fingerprint density at radius 1 is 0.714 bits per heavy atom. The first-order valence-corrected chi connectivity index (χ1v) is 7.02. The van der Waals surface area contributed by atoms with E-state index in [0.717, 1.165) is 33.8 Å². The second-order valence-electron chi connectivity index (χ2n) is 5.06. The fourth-order valence-electron chi connectivity index (χ4n) is 2.45. The van der Waals surface area contributed by atoms with Crippen LogP contribution < -0.4 is 11.1 Å². The van der Waals surface area contributed by atoms with Crippen LogP contribution in [0.4, 0.5) is 17.1 Å². The minimum atomic E-state index is 0.821. The summed E-state index contributed by atoms with van der Waals surface area (Å²) in [6, 6.07) is 24.5. The van der Waals surface area contributed by atoms with E-state index in [1.54, 1.807) is 0 Å². The highest BCUT2D eigenvalue weighted by molar-refractivity contribution is 5.84. The van der Waals surface area contributed by atoms with Gasteiger partial charge in [0.25, 0.3) is 0 Å². The summed E-state index contributed by atoms with van der Waals surface area (Å²) in [5, 5.41) is 3.48. The number of nitrogen functional groups attached to an aromatic ring is 1. The van der Waals surface area contributed by atoms with Gasteiger partial charge in [0, 0.05) is 22.6 Å². The molecule has 0 bridgehead atoms. The summed E-state index contributed by atoms with van der Waals surface area (Å²) in [6.07, 6.45) is 0. The van der Waals surface area contributed by atoms with Crippen molar-refractivity contribution in [1.82, 2.24) is 0 Å². The summed E-state index contributed by atoms with van der Waals surface area (Å²) in [5.74, 6) is 0. The highest BCUT2D eigenvalue weighted by Crippen LogP contribution is 2.33. The van der Waals surface area contributed by atoms with Gasteiger partial charge in [-0.05, 0) is 42.3 Å². The Bertz CT molecular complexity index is 749. The number of rotatable bonds is 3. The summed E-state index contributed by atoms with van der Waals surface area (Å²) in [4.78, 5) is 0. The average molecular weight is 274 g/mol. The average Bonchev–Trinajstić information content (AvgIpc) is 2.52. The second kappa shape index (κ2) is 5.71. The van der Waals surface area contributed by atoms with Crippen molar-refractivity contribution < 1.29 is 0 Å². The van der Waals surface area contributed by atoms with E-state index in [4.69, 9.17) is 5.73 Å². The molecule has 0 atom stereocenters. The smallest absolute Gasteiger partial charge is 0.0464 e. The van der Waals surface area contributed by atoms with E-state index < -0.39 is 0 Å². The normalized spacial score (nSPS) is 10.3. The summed E-state index contributed by atoms with van der Waals surface area (Å²) in [5.41, 5.74) is 12.4. The van der Waals surface area contributed by atoms with Gasteiger partial charge in [-0.2, -0.15) is 0 Å². The quantitative estimate of drug-likeness (QED) is 0.660. The number of para-hydroxylation sites is 2. The lowest BCUT2D eigenvalue weighted by molar-refractivity contribution is 1.45. The SMILES string of the molecule is Cc1c(N)cccc1-c1ccccc1Nc1ccccc1. The third-order valence-corrected chi connectivity index (χ3v) is 3.65. The van der Waals surface area contributed by atoms with Crippen molar-refractivity contribution in [3.8, 4) is 11.1 Å². The van der Waals surface area contributed by atoms with E-state index in [9.17, 15) is 0 Å². The van der Waals surface area contributed by atoms with Crippen LogP contribution in [0.5, 0.6) is 0 Å². The first kappa shape index (κ1) is 13.3. The largest absolute Gasteiger partial charge is 0.398 e. The molecule has 2 heteroatoms. The molecule has 0 radical (unpaired) electrons. The number of hydrogen-bond donors (Lipinski definition) is 2. The Balaban J connectivity index is 2.06. The summed E-state index contributed by atoms with van der Waals surface area (Å²) in [6.45, 7) is 2.06. The molecule has 0 aliphatic rings. The van der Waals surface area contributed by atoms with Crippen LogP contribution in [-0.4, -0.2) is 0 Å². The van der Waals surface area contributed by atoms with Gasteiger partial charge < -0.3 is 11.1 Å². The van der Waals surface area contributed by atoms with Crippen molar-refractivity contribution in [3.63, 3.8) is 0 Å². The molecule has 0 unspecified atom stereocenters. The summed E-state index contributed by atoms with van der Waals surface area (Å²) < 4.78 is 0. The Morgan fingerprint density at radius 2 is 1.38 bits per heavy atom. The second-order valence-corrected chi connectivity index (χ2v) is 5.06. The van der Waals surface area contributed by atoms with Crippen LogP contribution in [0.25, 0.3) is 11.1 Å². The lowest BCUT2D eigenvalue weighted by Crippen LogP contribution is -1.96. The molecule has 3 N–H and O–H groups in total. The number of nitrogens with one attached hydrogen (secondary N) is 1. The Morgan fingerprint density at radius 3 is 2.19 bits per heavy atom. The number of hydrogen-bond acceptors (Lipinski definition) is 2. The van der Waals surface area contributed by atoms with E-state index in [2.05, 4.69) is 42.6 Å². The molecule has 3 aromatic rings. The maximum absolute atomic E-state index is 6.04. The Hall–Kier alpha value is -2.74. The monoisotopic (exact) mass is 274 g/mol. The van der Waals surface area contributed by atoms with Crippen LogP contribution in [0.1, 0.15) is 5.56 Å². The fraction of sp³-hybridized carbons (Fsp3) is 0.0526. The number of benzene rings is 3. The molecule has 0 aliphatic carbocycles. The van der Waals surface area contributed by atoms with Crippen LogP contribution >= 0.6 is 0 Å². The molecule has 0 saturated heterocycles. The minimum Gasteiger partial charge on any atom is -0.398 e.